The first-order valence-electron chi connectivity index (χ1n) is 6.63. The minimum Gasteiger partial charge on any atom is -0.496 e. The molecule has 2 aromatic rings. The van der Waals surface area contributed by atoms with Gasteiger partial charge in [-0.1, -0.05) is 18.2 Å². The fourth-order valence-electron chi connectivity index (χ4n) is 1.86. The summed E-state index contributed by atoms with van der Waals surface area (Å²) in [5.74, 6) is 2.47. The van der Waals surface area contributed by atoms with Gasteiger partial charge in [-0.3, -0.25) is 0 Å². The smallest absolute Gasteiger partial charge is 0.131 e. The molecule has 20 heavy (non-hydrogen) atoms. The van der Waals surface area contributed by atoms with Gasteiger partial charge in [0.2, 0.25) is 0 Å². The van der Waals surface area contributed by atoms with Crippen LogP contribution in [0.15, 0.2) is 36.7 Å². The molecule has 0 saturated carbocycles. The van der Waals surface area contributed by atoms with Crippen molar-refractivity contribution >= 4 is 11.6 Å². The van der Waals surface area contributed by atoms with Crippen molar-refractivity contribution in [2.45, 2.75) is 26.4 Å². The predicted octanol–water partition coefficient (Wildman–Crippen LogP) is 2.92. The molecular formula is C15H20N4O. The molecule has 2 N–H and O–H groups in total. The van der Waals surface area contributed by atoms with Crippen LogP contribution in [-0.2, 0) is 6.54 Å². The summed E-state index contributed by atoms with van der Waals surface area (Å²) in [4.78, 5) is 8.40. The van der Waals surface area contributed by atoms with E-state index in [9.17, 15) is 0 Å². The summed E-state index contributed by atoms with van der Waals surface area (Å²) in [5.41, 5.74) is 1.09. The Kier molecular flexibility index (Phi) is 4.76. The number of rotatable bonds is 6. The Balaban J connectivity index is 2.03. The Hall–Kier alpha value is -2.30. The molecule has 0 amide bonds. The molecule has 5 heteroatoms. The second kappa shape index (κ2) is 6.75. The number of methoxy groups -OCH3 is 1. The third-order valence-corrected chi connectivity index (χ3v) is 2.76. The standard InChI is InChI=1S/C15H20N4O/c1-11(2)19-15-8-14(17-10-18-15)16-9-12-6-4-5-7-13(12)20-3/h4-8,10-11H,9H2,1-3H3,(H2,16,17,18,19). The third kappa shape index (κ3) is 3.85. The molecule has 1 heterocycles. The van der Waals surface area contributed by atoms with Crippen molar-refractivity contribution < 1.29 is 4.74 Å². The molecule has 106 valence electrons. The SMILES string of the molecule is COc1ccccc1CNc1cc(NC(C)C)ncn1. The van der Waals surface area contributed by atoms with Crippen LogP contribution < -0.4 is 15.4 Å². The largest absolute Gasteiger partial charge is 0.496 e. The Labute approximate surface area is 119 Å². The van der Waals surface area contributed by atoms with Gasteiger partial charge in [-0.2, -0.15) is 0 Å². The summed E-state index contributed by atoms with van der Waals surface area (Å²) in [5, 5.41) is 6.53. The average Bonchev–Trinajstić information content (AvgIpc) is 2.45. The molecule has 1 aromatic heterocycles. The second-order valence-electron chi connectivity index (χ2n) is 4.75. The number of ether oxygens (including phenoxy) is 1. The zero-order valence-electron chi connectivity index (χ0n) is 12.1. The van der Waals surface area contributed by atoms with E-state index in [1.54, 1.807) is 13.4 Å². The topological polar surface area (TPSA) is 59.1 Å². The van der Waals surface area contributed by atoms with Crippen LogP contribution in [0.2, 0.25) is 0 Å². The minimum atomic E-state index is 0.340. The lowest BCUT2D eigenvalue weighted by Crippen LogP contribution is -2.12. The summed E-state index contributed by atoms with van der Waals surface area (Å²) in [6, 6.07) is 10.2. The molecular weight excluding hydrogens is 252 g/mol. The molecule has 0 saturated heterocycles. The average molecular weight is 272 g/mol. The molecule has 0 unspecified atom stereocenters. The first kappa shape index (κ1) is 14.1. The van der Waals surface area contributed by atoms with Crippen LogP contribution in [0.5, 0.6) is 5.75 Å². The predicted molar refractivity (Wildman–Crippen MR) is 81.1 cm³/mol. The maximum Gasteiger partial charge on any atom is 0.131 e. The summed E-state index contributed by atoms with van der Waals surface area (Å²) in [6.07, 6.45) is 1.55. The van der Waals surface area contributed by atoms with Crippen LogP contribution in [0.4, 0.5) is 11.6 Å². The molecule has 0 radical (unpaired) electrons. The van der Waals surface area contributed by atoms with Crippen LogP contribution in [0.3, 0.4) is 0 Å². The van der Waals surface area contributed by atoms with Crippen LogP contribution in [0.25, 0.3) is 0 Å². The highest BCUT2D eigenvalue weighted by Crippen LogP contribution is 2.19. The van der Waals surface area contributed by atoms with Crippen LogP contribution in [-0.4, -0.2) is 23.1 Å². The number of hydrogen-bond donors (Lipinski definition) is 2. The zero-order valence-corrected chi connectivity index (χ0v) is 12.1. The van der Waals surface area contributed by atoms with Gasteiger partial charge in [0.15, 0.2) is 0 Å². The van der Waals surface area contributed by atoms with Gasteiger partial charge in [0.05, 0.1) is 7.11 Å². The molecule has 1 aromatic carbocycles. The van der Waals surface area contributed by atoms with Gasteiger partial charge in [-0.25, -0.2) is 9.97 Å². The third-order valence-electron chi connectivity index (χ3n) is 2.76. The maximum atomic E-state index is 5.33. The number of aromatic nitrogens is 2. The van der Waals surface area contributed by atoms with Crippen LogP contribution in [0, 0.1) is 0 Å². The molecule has 5 nitrogen and oxygen atoms in total. The second-order valence-corrected chi connectivity index (χ2v) is 4.75. The van der Waals surface area contributed by atoms with Crippen LogP contribution >= 0.6 is 0 Å². The van der Waals surface area contributed by atoms with Gasteiger partial charge in [0.1, 0.15) is 23.7 Å². The summed E-state index contributed by atoms with van der Waals surface area (Å²) >= 11 is 0. The van der Waals surface area contributed by atoms with Gasteiger partial charge >= 0.3 is 0 Å². The van der Waals surface area contributed by atoms with E-state index in [0.717, 1.165) is 22.9 Å². The van der Waals surface area contributed by atoms with E-state index < -0.39 is 0 Å². The van der Waals surface area contributed by atoms with Crippen molar-refractivity contribution in [1.29, 1.82) is 0 Å². The Morgan fingerprint density at radius 3 is 2.65 bits per heavy atom. The molecule has 0 aliphatic carbocycles. The molecule has 0 bridgehead atoms. The number of benzene rings is 1. The Morgan fingerprint density at radius 1 is 1.15 bits per heavy atom. The normalized spacial score (nSPS) is 10.4. The van der Waals surface area contributed by atoms with Gasteiger partial charge in [-0.15, -0.1) is 0 Å². The first-order chi connectivity index (χ1) is 9.69. The van der Waals surface area contributed by atoms with E-state index in [4.69, 9.17) is 4.74 Å². The van der Waals surface area contributed by atoms with E-state index in [2.05, 4.69) is 34.4 Å². The highest BCUT2D eigenvalue weighted by atomic mass is 16.5. The summed E-state index contributed by atoms with van der Waals surface area (Å²) < 4.78 is 5.33. The van der Waals surface area contributed by atoms with Gasteiger partial charge < -0.3 is 15.4 Å². The Morgan fingerprint density at radius 2 is 1.90 bits per heavy atom. The molecule has 0 spiro atoms. The number of hydrogen-bond acceptors (Lipinski definition) is 5. The van der Waals surface area contributed by atoms with Crippen molar-refractivity contribution in [3.63, 3.8) is 0 Å². The minimum absolute atomic E-state index is 0.340. The van der Waals surface area contributed by atoms with Crippen LogP contribution in [0.1, 0.15) is 19.4 Å². The van der Waals surface area contributed by atoms with Crippen molar-refractivity contribution in [2.24, 2.45) is 0 Å². The molecule has 0 atom stereocenters. The molecule has 2 rings (SSSR count). The monoisotopic (exact) mass is 272 g/mol. The lowest BCUT2D eigenvalue weighted by Gasteiger charge is -2.12. The number of anilines is 2. The maximum absolute atomic E-state index is 5.33. The van der Waals surface area contributed by atoms with E-state index in [0.29, 0.717) is 12.6 Å². The van der Waals surface area contributed by atoms with Gasteiger partial charge in [0, 0.05) is 24.2 Å². The molecule has 0 aliphatic rings. The lowest BCUT2D eigenvalue weighted by atomic mass is 10.2. The summed E-state index contributed by atoms with van der Waals surface area (Å²) in [7, 11) is 1.67. The van der Waals surface area contributed by atoms with E-state index in [1.165, 1.54) is 0 Å². The Bertz CT molecular complexity index is 557. The number of nitrogens with zero attached hydrogens (tertiary/aromatic N) is 2. The first-order valence-corrected chi connectivity index (χ1v) is 6.63. The van der Waals surface area contributed by atoms with Crippen molar-refractivity contribution in [3.8, 4) is 5.75 Å². The van der Waals surface area contributed by atoms with Crippen molar-refractivity contribution in [3.05, 3.63) is 42.2 Å². The fourth-order valence-corrected chi connectivity index (χ4v) is 1.86. The van der Waals surface area contributed by atoms with Gasteiger partial charge in [-0.05, 0) is 19.9 Å². The number of nitrogens with one attached hydrogen (secondary N) is 2. The quantitative estimate of drug-likeness (QED) is 0.846. The zero-order chi connectivity index (χ0) is 14.4. The van der Waals surface area contributed by atoms with E-state index >= 15 is 0 Å². The lowest BCUT2D eigenvalue weighted by molar-refractivity contribution is 0.410. The van der Waals surface area contributed by atoms with Crippen molar-refractivity contribution in [2.75, 3.05) is 17.7 Å². The number of para-hydroxylation sites is 1. The highest BCUT2D eigenvalue weighted by molar-refractivity contribution is 5.47. The van der Waals surface area contributed by atoms with Gasteiger partial charge in [0.25, 0.3) is 0 Å². The van der Waals surface area contributed by atoms with E-state index in [1.807, 2.05) is 30.3 Å². The highest BCUT2D eigenvalue weighted by Gasteiger charge is 2.03. The van der Waals surface area contributed by atoms with E-state index in [-0.39, 0.29) is 0 Å². The summed E-state index contributed by atoms with van der Waals surface area (Å²) in [6.45, 7) is 4.80. The fraction of sp³-hybridized carbons (Fsp3) is 0.333. The molecule has 0 aliphatic heterocycles. The molecule has 0 fully saturated rings. The van der Waals surface area contributed by atoms with Crippen molar-refractivity contribution in [1.82, 2.24) is 9.97 Å².